The van der Waals surface area contributed by atoms with Crippen LogP contribution in [-0.2, 0) is 10.2 Å². The van der Waals surface area contributed by atoms with Crippen LogP contribution in [0.2, 0.25) is 0 Å². The van der Waals surface area contributed by atoms with Gasteiger partial charge in [0.25, 0.3) is 0 Å². The molecule has 25 heavy (non-hydrogen) atoms. The van der Waals surface area contributed by atoms with Gasteiger partial charge in [-0.05, 0) is 60.2 Å². The molecule has 1 aliphatic carbocycles. The fraction of sp³-hybridized carbons (Fsp3) is 0.200. The van der Waals surface area contributed by atoms with Crippen molar-refractivity contribution in [1.82, 2.24) is 9.38 Å². The zero-order valence-electron chi connectivity index (χ0n) is 13.7. The summed E-state index contributed by atoms with van der Waals surface area (Å²) in [5.74, 6) is -1.32. The lowest BCUT2D eigenvalue weighted by Crippen LogP contribution is -2.32. The number of halogens is 1. The van der Waals surface area contributed by atoms with Crippen LogP contribution in [0.4, 0.5) is 4.39 Å². The fourth-order valence-corrected chi connectivity index (χ4v) is 3.70. The van der Waals surface area contributed by atoms with Crippen LogP contribution in [-0.4, -0.2) is 20.5 Å². The number of carbonyl (C=O) groups is 1. The molecule has 0 saturated heterocycles. The van der Waals surface area contributed by atoms with Gasteiger partial charge in [0.05, 0.1) is 0 Å². The number of benzene rings is 1. The van der Waals surface area contributed by atoms with Crippen LogP contribution in [0.15, 0.2) is 55.0 Å². The Hall–Kier alpha value is -2.95. The van der Waals surface area contributed by atoms with Gasteiger partial charge < -0.3 is 9.51 Å². The summed E-state index contributed by atoms with van der Waals surface area (Å²) < 4.78 is 15.9. The van der Waals surface area contributed by atoms with Crippen molar-refractivity contribution >= 4 is 17.2 Å². The van der Waals surface area contributed by atoms with Crippen molar-refractivity contribution in [3.63, 3.8) is 0 Å². The Morgan fingerprint density at radius 3 is 2.96 bits per heavy atom. The van der Waals surface area contributed by atoms with E-state index in [-0.39, 0.29) is 5.82 Å². The molecule has 0 radical (unpaired) electrons. The first kappa shape index (κ1) is 15.6. The molecule has 2 heterocycles. The number of hydrogen-bond acceptors (Lipinski definition) is 2. The highest BCUT2D eigenvalue weighted by molar-refractivity contribution is 5.90. The third kappa shape index (κ3) is 2.35. The molecule has 1 atom stereocenters. The fourth-order valence-electron chi connectivity index (χ4n) is 3.70. The Labute approximate surface area is 144 Å². The van der Waals surface area contributed by atoms with Gasteiger partial charge in [-0.3, -0.25) is 4.79 Å². The Bertz CT molecular complexity index is 1020. The van der Waals surface area contributed by atoms with Crippen LogP contribution in [0.25, 0.3) is 11.2 Å². The molecule has 0 fully saturated rings. The summed E-state index contributed by atoms with van der Waals surface area (Å²) in [5.41, 5.74) is 2.45. The monoisotopic (exact) mass is 336 g/mol. The Kier molecular flexibility index (Phi) is 3.46. The highest BCUT2D eigenvalue weighted by atomic mass is 19.1. The zero-order chi connectivity index (χ0) is 17.6. The van der Waals surface area contributed by atoms with E-state index in [1.807, 2.05) is 28.9 Å². The molecule has 0 saturated carbocycles. The van der Waals surface area contributed by atoms with E-state index in [1.165, 1.54) is 6.07 Å². The molecule has 1 aliphatic rings. The molecular formula is C20H17FN2O2. The molecule has 0 amide bonds. The predicted molar refractivity (Wildman–Crippen MR) is 92.9 cm³/mol. The van der Waals surface area contributed by atoms with Crippen molar-refractivity contribution < 1.29 is 14.3 Å². The van der Waals surface area contributed by atoms with Gasteiger partial charge in [0.2, 0.25) is 0 Å². The van der Waals surface area contributed by atoms with E-state index in [0.29, 0.717) is 24.0 Å². The maximum Gasteiger partial charge on any atom is 0.318 e. The lowest BCUT2D eigenvalue weighted by Gasteiger charge is -2.24. The van der Waals surface area contributed by atoms with E-state index in [9.17, 15) is 14.3 Å². The lowest BCUT2D eigenvalue weighted by molar-refractivity contribution is -0.141. The number of carboxylic acids is 1. The molecule has 1 aromatic carbocycles. The maximum absolute atomic E-state index is 14.0. The minimum atomic E-state index is -1.19. The lowest BCUT2D eigenvalue weighted by atomic mass is 9.78. The summed E-state index contributed by atoms with van der Waals surface area (Å²) in [5, 5.41) is 9.95. The Morgan fingerprint density at radius 2 is 2.16 bits per heavy atom. The SMILES string of the molecule is Cc1c(F)cccc1C1(C(=O)O)C=C(c2ccn3ccnc3c2)CC1. The zero-order valence-corrected chi connectivity index (χ0v) is 13.7. The molecule has 0 aliphatic heterocycles. The van der Waals surface area contributed by atoms with Crippen molar-refractivity contribution in [2.45, 2.75) is 25.2 Å². The molecule has 4 rings (SSSR count). The number of rotatable bonds is 3. The molecule has 4 nitrogen and oxygen atoms in total. The van der Waals surface area contributed by atoms with E-state index in [2.05, 4.69) is 4.98 Å². The van der Waals surface area contributed by atoms with E-state index in [4.69, 9.17) is 0 Å². The second-order valence-electron chi connectivity index (χ2n) is 6.47. The van der Waals surface area contributed by atoms with Gasteiger partial charge in [-0.25, -0.2) is 9.37 Å². The number of allylic oxidation sites excluding steroid dienone is 1. The summed E-state index contributed by atoms with van der Waals surface area (Å²) in [7, 11) is 0. The largest absolute Gasteiger partial charge is 0.480 e. The topological polar surface area (TPSA) is 54.6 Å². The van der Waals surface area contributed by atoms with Gasteiger partial charge in [-0.2, -0.15) is 0 Å². The number of nitrogens with zero attached hydrogens (tertiary/aromatic N) is 2. The molecule has 3 aromatic rings. The average Bonchev–Trinajstić information content (AvgIpc) is 3.24. The van der Waals surface area contributed by atoms with Gasteiger partial charge in [0.15, 0.2) is 0 Å². The van der Waals surface area contributed by atoms with Crippen LogP contribution in [0.5, 0.6) is 0 Å². The molecule has 1 unspecified atom stereocenters. The molecule has 1 N–H and O–H groups in total. The molecule has 5 heteroatoms. The van der Waals surface area contributed by atoms with E-state index in [0.717, 1.165) is 16.8 Å². The van der Waals surface area contributed by atoms with Crippen molar-refractivity contribution in [2.75, 3.05) is 0 Å². The Balaban J connectivity index is 1.85. The van der Waals surface area contributed by atoms with Crippen LogP contribution in [0, 0.1) is 12.7 Å². The van der Waals surface area contributed by atoms with Gasteiger partial charge in [-0.15, -0.1) is 0 Å². The van der Waals surface area contributed by atoms with Crippen LogP contribution >= 0.6 is 0 Å². The molecular weight excluding hydrogens is 319 g/mol. The molecule has 0 bridgehead atoms. The van der Waals surface area contributed by atoms with Crippen LogP contribution < -0.4 is 0 Å². The van der Waals surface area contributed by atoms with E-state index >= 15 is 0 Å². The van der Waals surface area contributed by atoms with Crippen LogP contribution in [0.1, 0.15) is 29.5 Å². The maximum atomic E-state index is 14.0. The summed E-state index contributed by atoms with van der Waals surface area (Å²) in [6, 6.07) is 8.55. The first-order valence-corrected chi connectivity index (χ1v) is 8.15. The van der Waals surface area contributed by atoms with Crippen molar-refractivity contribution in [2.24, 2.45) is 0 Å². The third-order valence-electron chi connectivity index (χ3n) is 5.11. The minimum absolute atomic E-state index is 0.376. The van der Waals surface area contributed by atoms with Gasteiger partial charge in [-0.1, -0.05) is 18.2 Å². The first-order chi connectivity index (χ1) is 12.0. The van der Waals surface area contributed by atoms with Gasteiger partial charge >= 0.3 is 5.97 Å². The smallest absolute Gasteiger partial charge is 0.318 e. The minimum Gasteiger partial charge on any atom is -0.480 e. The second-order valence-corrected chi connectivity index (χ2v) is 6.47. The molecule has 126 valence electrons. The highest BCUT2D eigenvalue weighted by Gasteiger charge is 2.43. The summed E-state index contributed by atoms with van der Waals surface area (Å²) in [6.45, 7) is 1.64. The number of imidazole rings is 1. The quantitative estimate of drug-likeness (QED) is 0.787. The first-order valence-electron chi connectivity index (χ1n) is 8.15. The van der Waals surface area contributed by atoms with Gasteiger partial charge in [0.1, 0.15) is 16.9 Å². The number of aromatic nitrogens is 2. The average molecular weight is 336 g/mol. The van der Waals surface area contributed by atoms with Crippen molar-refractivity contribution in [3.05, 3.63) is 77.5 Å². The predicted octanol–water partition coefficient (Wildman–Crippen LogP) is 3.98. The highest BCUT2D eigenvalue weighted by Crippen LogP contribution is 2.44. The Morgan fingerprint density at radius 1 is 1.32 bits per heavy atom. The summed E-state index contributed by atoms with van der Waals surface area (Å²) in [4.78, 5) is 16.4. The number of pyridine rings is 1. The van der Waals surface area contributed by atoms with Crippen LogP contribution in [0.3, 0.4) is 0 Å². The van der Waals surface area contributed by atoms with Crippen molar-refractivity contribution in [3.8, 4) is 0 Å². The molecule has 0 spiro atoms. The molecule has 2 aromatic heterocycles. The summed E-state index contributed by atoms with van der Waals surface area (Å²) >= 11 is 0. The number of fused-ring (bicyclic) bond motifs is 1. The van der Waals surface area contributed by atoms with E-state index in [1.54, 1.807) is 31.3 Å². The normalized spacial score (nSPS) is 20.0. The standard InChI is InChI=1S/C20H17FN2O2/c1-13-16(3-2-4-17(13)21)20(19(24)25)7-5-15(12-20)14-6-9-23-10-8-22-18(23)11-14/h2-4,6,8-12H,5,7H2,1H3,(H,24,25). The second kappa shape index (κ2) is 5.55. The number of aliphatic carboxylic acids is 1. The van der Waals surface area contributed by atoms with E-state index < -0.39 is 11.4 Å². The third-order valence-corrected chi connectivity index (χ3v) is 5.11. The number of carboxylic acid groups (broad SMARTS) is 1. The number of hydrogen-bond donors (Lipinski definition) is 1. The van der Waals surface area contributed by atoms with Crippen molar-refractivity contribution in [1.29, 1.82) is 0 Å². The van der Waals surface area contributed by atoms with Gasteiger partial charge in [0, 0.05) is 18.6 Å². The summed E-state index contributed by atoms with van der Waals surface area (Å²) in [6.07, 6.45) is 8.32.